The van der Waals surface area contributed by atoms with Crippen molar-refractivity contribution in [2.24, 2.45) is 0 Å². The Morgan fingerprint density at radius 2 is 2.00 bits per heavy atom. The fourth-order valence-electron chi connectivity index (χ4n) is 2.96. The summed E-state index contributed by atoms with van der Waals surface area (Å²) in [6, 6.07) is -2.29. The Morgan fingerprint density at radius 1 is 1.31 bits per heavy atom. The molecule has 0 spiro atoms. The Bertz CT molecular complexity index is 1220. The Labute approximate surface area is 165 Å². The van der Waals surface area contributed by atoms with Crippen molar-refractivity contribution in [3.63, 3.8) is 0 Å². The molecule has 0 aliphatic carbocycles. The number of H-pyrrole nitrogens is 1. The third kappa shape index (κ3) is 3.67. The Balaban J connectivity index is 2.31. The van der Waals surface area contributed by atoms with E-state index in [0.717, 1.165) is 27.5 Å². The van der Waals surface area contributed by atoms with Crippen molar-refractivity contribution >= 4 is 21.6 Å². The van der Waals surface area contributed by atoms with Gasteiger partial charge in [0.2, 0.25) is 0 Å². The minimum atomic E-state index is -4.77. The number of thiophene rings is 1. The largest absolute Gasteiger partial charge is 0.409 e. The molecule has 158 valence electrons. The van der Waals surface area contributed by atoms with Crippen molar-refractivity contribution in [3.8, 4) is 0 Å². The zero-order valence-corrected chi connectivity index (χ0v) is 16.6. The van der Waals surface area contributed by atoms with E-state index >= 15 is 0 Å². The molecule has 3 aromatic rings. The van der Waals surface area contributed by atoms with Crippen LogP contribution in [0.25, 0.3) is 10.2 Å². The van der Waals surface area contributed by atoms with Gasteiger partial charge in [-0.2, -0.15) is 18.3 Å². The summed E-state index contributed by atoms with van der Waals surface area (Å²) < 4.78 is 47.3. The maximum atomic E-state index is 13.3. The summed E-state index contributed by atoms with van der Waals surface area (Å²) in [5.74, 6) is 0. The SMILES string of the molecule is COCCn1c(=O)n(C(C)C(F)(F)F)c(=O)c2c(C)c(Cn3nc[nH]c3=O)sc21. The number of alkyl halides is 3. The van der Waals surface area contributed by atoms with Crippen LogP contribution in [0.1, 0.15) is 23.4 Å². The van der Waals surface area contributed by atoms with Gasteiger partial charge in [0.25, 0.3) is 5.56 Å². The van der Waals surface area contributed by atoms with Crippen LogP contribution in [0.15, 0.2) is 20.7 Å². The van der Waals surface area contributed by atoms with E-state index in [0.29, 0.717) is 10.4 Å². The molecular formula is C16H18F3N5O4S. The van der Waals surface area contributed by atoms with Crippen LogP contribution in [-0.2, 0) is 17.8 Å². The van der Waals surface area contributed by atoms with E-state index in [1.165, 1.54) is 13.4 Å². The minimum absolute atomic E-state index is 0.0141. The topological polar surface area (TPSA) is 104 Å². The second-order valence-electron chi connectivity index (χ2n) is 6.40. The third-order valence-electron chi connectivity index (χ3n) is 4.63. The van der Waals surface area contributed by atoms with Crippen molar-refractivity contribution in [3.05, 3.63) is 48.1 Å². The molecular weight excluding hydrogens is 415 g/mol. The summed E-state index contributed by atoms with van der Waals surface area (Å²) in [6.07, 6.45) is -3.57. The maximum Gasteiger partial charge on any atom is 0.409 e. The Morgan fingerprint density at radius 3 is 2.55 bits per heavy atom. The molecule has 9 nitrogen and oxygen atoms in total. The number of nitrogens with zero attached hydrogens (tertiary/aromatic N) is 4. The highest BCUT2D eigenvalue weighted by Gasteiger charge is 2.40. The molecule has 13 heteroatoms. The lowest BCUT2D eigenvalue weighted by Gasteiger charge is -2.19. The van der Waals surface area contributed by atoms with Gasteiger partial charge in [0.15, 0.2) is 0 Å². The summed E-state index contributed by atoms with van der Waals surface area (Å²) in [6.45, 7) is 2.39. The molecule has 3 rings (SSSR count). The van der Waals surface area contributed by atoms with E-state index in [1.54, 1.807) is 6.92 Å². The number of halogens is 3. The monoisotopic (exact) mass is 433 g/mol. The summed E-state index contributed by atoms with van der Waals surface area (Å²) in [4.78, 5) is 40.6. The van der Waals surface area contributed by atoms with Crippen LogP contribution in [0, 0.1) is 6.92 Å². The molecule has 0 aliphatic heterocycles. The third-order valence-corrected chi connectivity index (χ3v) is 5.93. The van der Waals surface area contributed by atoms with Crippen LogP contribution < -0.4 is 16.9 Å². The van der Waals surface area contributed by atoms with Crippen molar-refractivity contribution in [1.82, 2.24) is 23.9 Å². The highest BCUT2D eigenvalue weighted by molar-refractivity contribution is 7.18. The number of aromatic nitrogens is 5. The number of hydrogen-bond donors (Lipinski definition) is 1. The molecule has 0 radical (unpaired) electrons. The number of nitrogens with one attached hydrogen (secondary N) is 1. The van der Waals surface area contributed by atoms with Gasteiger partial charge in [-0.1, -0.05) is 0 Å². The number of aryl methyl sites for hydroxylation is 1. The van der Waals surface area contributed by atoms with Gasteiger partial charge in [0.1, 0.15) is 17.2 Å². The van der Waals surface area contributed by atoms with Crippen molar-refractivity contribution in [1.29, 1.82) is 0 Å². The maximum absolute atomic E-state index is 13.3. The molecule has 3 heterocycles. The molecule has 0 aliphatic rings. The average molecular weight is 433 g/mol. The first kappa shape index (κ1) is 21.0. The first-order valence-electron chi connectivity index (χ1n) is 8.51. The zero-order valence-electron chi connectivity index (χ0n) is 15.7. The molecule has 1 atom stereocenters. The van der Waals surface area contributed by atoms with Gasteiger partial charge < -0.3 is 4.74 Å². The highest BCUT2D eigenvalue weighted by Crippen LogP contribution is 2.31. The first-order chi connectivity index (χ1) is 13.6. The van der Waals surface area contributed by atoms with E-state index in [2.05, 4.69) is 10.1 Å². The summed E-state index contributed by atoms with van der Waals surface area (Å²) >= 11 is 1.06. The molecule has 1 N–H and O–H groups in total. The van der Waals surface area contributed by atoms with Crippen LogP contribution in [0.3, 0.4) is 0 Å². The number of aromatic amines is 1. The van der Waals surface area contributed by atoms with Gasteiger partial charge >= 0.3 is 17.6 Å². The normalized spacial score (nSPS) is 13.3. The van der Waals surface area contributed by atoms with E-state index in [1.807, 2.05) is 0 Å². The lowest BCUT2D eigenvalue weighted by Crippen LogP contribution is -2.45. The van der Waals surface area contributed by atoms with Gasteiger partial charge in [-0.3, -0.25) is 14.3 Å². The van der Waals surface area contributed by atoms with Gasteiger partial charge in [-0.25, -0.2) is 18.8 Å². The van der Waals surface area contributed by atoms with E-state index < -0.39 is 29.2 Å². The van der Waals surface area contributed by atoms with Crippen molar-refractivity contribution in [2.45, 2.75) is 39.2 Å². The lowest BCUT2D eigenvalue weighted by molar-refractivity contribution is -0.164. The van der Waals surface area contributed by atoms with Crippen LogP contribution in [0.4, 0.5) is 13.2 Å². The molecule has 0 bridgehead atoms. The van der Waals surface area contributed by atoms with Gasteiger partial charge in [-0.15, -0.1) is 11.3 Å². The number of ether oxygens (including phenoxy) is 1. The van der Waals surface area contributed by atoms with E-state index in [9.17, 15) is 27.6 Å². The van der Waals surface area contributed by atoms with Crippen molar-refractivity contribution < 1.29 is 17.9 Å². The lowest BCUT2D eigenvalue weighted by atomic mass is 10.2. The fraction of sp³-hybridized carbons (Fsp3) is 0.500. The predicted molar refractivity (Wildman–Crippen MR) is 99.7 cm³/mol. The number of rotatable bonds is 6. The second-order valence-corrected chi connectivity index (χ2v) is 7.49. The highest BCUT2D eigenvalue weighted by atomic mass is 32.1. The molecule has 3 aromatic heterocycles. The predicted octanol–water partition coefficient (Wildman–Crippen LogP) is 1.24. The molecule has 0 fully saturated rings. The summed E-state index contributed by atoms with van der Waals surface area (Å²) in [7, 11) is 1.39. The number of methoxy groups -OCH3 is 1. The van der Waals surface area contributed by atoms with Gasteiger partial charge in [-0.05, 0) is 19.4 Å². The second kappa shape index (κ2) is 7.63. The first-order valence-corrected chi connectivity index (χ1v) is 9.33. The van der Waals surface area contributed by atoms with Crippen LogP contribution in [-0.4, -0.2) is 43.8 Å². The number of fused-ring (bicyclic) bond motifs is 1. The van der Waals surface area contributed by atoms with E-state index in [4.69, 9.17) is 4.74 Å². The fourth-order valence-corrected chi connectivity index (χ4v) is 4.26. The number of hydrogen-bond acceptors (Lipinski definition) is 6. The average Bonchev–Trinajstić information content (AvgIpc) is 3.18. The molecule has 29 heavy (non-hydrogen) atoms. The molecule has 1 unspecified atom stereocenters. The van der Waals surface area contributed by atoms with Gasteiger partial charge in [0.05, 0.1) is 25.1 Å². The standard InChI is InChI=1S/C16H18F3N5O4S/c1-8-10(6-23-14(26)20-7-21-23)29-13-11(8)12(25)24(9(2)16(17,18)19)15(27)22(13)4-5-28-3/h7,9H,4-6H2,1-3H3,(H,20,21,26). The van der Waals surface area contributed by atoms with Crippen LogP contribution >= 0.6 is 11.3 Å². The van der Waals surface area contributed by atoms with E-state index in [-0.39, 0.29) is 34.5 Å². The quantitative estimate of drug-likeness (QED) is 0.630. The molecule has 0 amide bonds. The summed E-state index contributed by atoms with van der Waals surface area (Å²) in [5.41, 5.74) is -2.15. The van der Waals surface area contributed by atoms with Crippen LogP contribution in [0.2, 0.25) is 0 Å². The molecule has 0 saturated carbocycles. The molecule has 0 aromatic carbocycles. The zero-order chi connectivity index (χ0) is 21.5. The Kier molecular flexibility index (Phi) is 5.54. The Hall–Kier alpha value is -2.67. The van der Waals surface area contributed by atoms with Gasteiger partial charge in [0, 0.05) is 12.0 Å². The summed E-state index contributed by atoms with van der Waals surface area (Å²) in [5, 5.41) is 3.86. The smallest absolute Gasteiger partial charge is 0.383 e. The van der Waals surface area contributed by atoms with Crippen molar-refractivity contribution in [2.75, 3.05) is 13.7 Å². The molecule has 0 saturated heterocycles. The minimum Gasteiger partial charge on any atom is -0.383 e. The van der Waals surface area contributed by atoms with Crippen LogP contribution in [0.5, 0.6) is 0 Å².